The van der Waals surface area contributed by atoms with Gasteiger partial charge in [-0.2, -0.15) is 0 Å². The summed E-state index contributed by atoms with van der Waals surface area (Å²) in [6.07, 6.45) is 0.649. The van der Waals surface area contributed by atoms with E-state index < -0.39 is 0 Å². The first-order valence-electron chi connectivity index (χ1n) is 9.15. The van der Waals surface area contributed by atoms with Crippen LogP contribution in [0.2, 0.25) is 0 Å². The van der Waals surface area contributed by atoms with Crippen LogP contribution < -0.4 is 0 Å². The molecule has 2 heterocycles. The molecule has 27 heavy (non-hydrogen) atoms. The molecule has 1 aromatic heterocycles. The highest BCUT2D eigenvalue weighted by molar-refractivity contribution is 5.94. The predicted octanol–water partition coefficient (Wildman–Crippen LogP) is 4.80. The van der Waals surface area contributed by atoms with Crippen molar-refractivity contribution in [1.82, 2.24) is 10.1 Å². The largest absolute Gasteiger partial charge is 0.356 e. The Morgan fingerprint density at radius 2 is 1.81 bits per heavy atom. The Bertz CT molecular complexity index is 959. The van der Waals surface area contributed by atoms with E-state index in [2.05, 4.69) is 19.0 Å². The Kier molecular flexibility index (Phi) is 4.52. The number of halogens is 1. The summed E-state index contributed by atoms with van der Waals surface area (Å²) in [5.74, 6) is 0.746. The number of carbonyl (C=O) groups is 1. The molecule has 5 heteroatoms. The van der Waals surface area contributed by atoms with Crippen LogP contribution in [0.3, 0.4) is 0 Å². The number of amides is 1. The van der Waals surface area contributed by atoms with Crippen LogP contribution in [0.25, 0.3) is 11.3 Å². The molecule has 4 rings (SSSR count). The topological polar surface area (TPSA) is 46.3 Å². The van der Waals surface area contributed by atoms with E-state index >= 15 is 0 Å². The molecule has 0 unspecified atom stereocenters. The minimum atomic E-state index is -0.297. The number of rotatable bonds is 3. The molecule has 3 aromatic rings. The van der Waals surface area contributed by atoms with Gasteiger partial charge in [-0.05, 0) is 47.9 Å². The van der Waals surface area contributed by atoms with E-state index in [1.54, 1.807) is 12.1 Å². The van der Waals surface area contributed by atoms with Gasteiger partial charge in [-0.3, -0.25) is 4.79 Å². The zero-order valence-electron chi connectivity index (χ0n) is 15.4. The first-order chi connectivity index (χ1) is 13.0. The number of benzene rings is 2. The van der Waals surface area contributed by atoms with E-state index in [-0.39, 0.29) is 11.7 Å². The fourth-order valence-corrected chi connectivity index (χ4v) is 3.41. The van der Waals surface area contributed by atoms with Gasteiger partial charge in [-0.15, -0.1) is 0 Å². The van der Waals surface area contributed by atoms with Gasteiger partial charge < -0.3 is 9.42 Å². The zero-order valence-corrected chi connectivity index (χ0v) is 15.4. The van der Waals surface area contributed by atoms with Crippen molar-refractivity contribution in [3.05, 3.63) is 76.7 Å². The fourth-order valence-electron chi connectivity index (χ4n) is 3.41. The van der Waals surface area contributed by atoms with Crippen molar-refractivity contribution in [2.75, 3.05) is 6.54 Å². The van der Waals surface area contributed by atoms with Gasteiger partial charge in [-0.25, -0.2) is 4.39 Å². The van der Waals surface area contributed by atoms with Crippen LogP contribution in [0.1, 0.15) is 46.9 Å². The lowest BCUT2D eigenvalue weighted by Crippen LogP contribution is -2.35. The second-order valence-electron chi connectivity index (χ2n) is 7.20. The summed E-state index contributed by atoms with van der Waals surface area (Å²) in [5.41, 5.74) is 4.43. The van der Waals surface area contributed by atoms with Gasteiger partial charge in [0.05, 0.1) is 12.2 Å². The monoisotopic (exact) mass is 364 g/mol. The Morgan fingerprint density at radius 3 is 2.48 bits per heavy atom. The third-order valence-electron chi connectivity index (χ3n) is 5.05. The maximum Gasteiger partial charge on any atom is 0.254 e. The van der Waals surface area contributed by atoms with E-state index in [0.717, 1.165) is 16.8 Å². The van der Waals surface area contributed by atoms with Gasteiger partial charge in [0, 0.05) is 29.7 Å². The van der Waals surface area contributed by atoms with Crippen LogP contribution in [0.4, 0.5) is 4.39 Å². The Hall–Kier alpha value is -2.95. The number of aromatic nitrogens is 1. The standard InChI is InChI=1S/C22H21FN2O2/c1-14(2)15-3-5-17(6-4-15)22(26)25-12-11-20-19(13-25)21(27-24-20)16-7-9-18(23)10-8-16/h3-10,14H,11-13H2,1-2H3. The second-order valence-corrected chi connectivity index (χ2v) is 7.20. The van der Waals surface area contributed by atoms with E-state index in [4.69, 9.17) is 4.52 Å². The maximum atomic E-state index is 13.2. The van der Waals surface area contributed by atoms with Crippen LogP contribution in [-0.4, -0.2) is 22.5 Å². The lowest BCUT2D eigenvalue weighted by Gasteiger charge is -2.26. The summed E-state index contributed by atoms with van der Waals surface area (Å²) in [6.45, 7) is 5.31. The molecule has 0 saturated heterocycles. The minimum Gasteiger partial charge on any atom is -0.356 e. The Balaban J connectivity index is 1.58. The summed E-state index contributed by atoms with van der Waals surface area (Å²) >= 11 is 0. The molecular formula is C22H21FN2O2. The zero-order chi connectivity index (χ0) is 19.0. The van der Waals surface area contributed by atoms with Crippen molar-refractivity contribution in [2.45, 2.75) is 32.7 Å². The third kappa shape index (κ3) is 3.37. The first kappa shape index (κ1) is 17.5. The number of hydrogen-bond donors (Lipinski definition) is 0. The van der Waals surface area contributed by atoms with Gasteiger partial charge in [0.1, 0.15) is 5.82 Å². The average Bonchev–Trinajstić information content (AvgIpc) is 3.11. The van der Waals surface area contributed by atoms with Crippen LogP contribution in [0.5, 0.6) is 0 Å². The molecule has 0 fully saturated rings. The van der Waals surface area contributed by atoms with Crippen molar-refractivity contribution in [1.29, 1.82) is 0 Å². The first-order valence-corrected chi connectivity index (χ1v) is 9.15. The van der Waals surface area contributed by atoms with Gasteiger partial charge in [0.15, 0.2) is 5.76 Å². The van der Waals surface area contributed by atoms with E-state index in [0.29, 0.717) is 36.8 Å². The number of nitrogens with zero attached hydrogens (tertiary/aromatic N) is 2. The highest BCUT2D eigenvalue weighted by Crippen LogP contribution is 2.31. The molecule has 0 bridgehead atoms. The van der Waals surface area contributed by atoms with E-state index in [9.17, 15) is 9.18 Å². The summed E-state index contributed by atoms with van der Waals surface area (Å²) in [6, 6.07) is 13.9. The molecule has 0 atom stereocenters. The number of carbonyl (C=O) groups excluding carboxylic acids is 1. The second kappa shape index (κ2) is 6.99. The summed E-state index contributed by atoms with van der Waals surface area (Å²) in [7, 11) is 0. The molecule has 1 amide bonds. The molecule has 1 aliphatic rings. The van der Waals surface area contributed by atoms with E-state index in [1.807, 2.05) is 29.2 Å². The van der Waals surface area contributed by atoms with Crippen molar-refractivity contribution < 1.29 is 13.7 Å². The third-order valence-corrected chi connectivity index (χ3v) is 5.05. The normalized spacial score (nSPS) is 13.7. The summed E-state index contributed by atoms with van der Waals surface area (Å²) in [5, 5.41) is 4.15. The smallest absolute Gasteiger partial charge is 0.254 e. The van der Waals surface area contributed by atoms with Crippen molar-refractivity contribution >= 4 is 5.91 Å². The molecule has 0 aliphatic carbocycles. The molecule has 0 spiro atoms. The lowest BCUT2D eigenvalue weighted by molar-refractivity contribution is 0.0734. The molecule has 1 aliphatic heterocycles. The molecule has 0 saturated carbocycles. The van der Waals surface area contributed by atoms with Crippen LogP contribution >= 0.6 is 0 Å². The molecule has 4 nitrogen and oxygen atoms in total. The number of hydrogen-bond acceptors (Lipinski definition) is 3. The van der Waals surface area contributed by atoms with Crippen molar-refractivity contribution in [3.63, 3.8) is 0 Å². The maximum absolute atomic E-state index is 13.2. The van der Waals surface area contributed by atoms with Gasteiger partial charge in [0.2, 0.25) is 0 Å². The van der Waals surface area contributed by atoms with Gasteiger partial charge in [-0.1, -0.05) is 31.1 Å². The Morgan fingerprint density at radius 1 is 1.11 bits per heavy atom. The van der Waals surface area contributed by atoms with Gasteiger partial charge >= 0.3 is 0 Å². The quantitative estimate of drug-likeness (QED) is 0.670. The molecule has 2 aromatic carbocycles. The minimum absolute atomic E-state index is 0.00205. The van der Waals surface area contributed by atoms with Crippen LogP contribution in [0, 0.1) is 5.82 Å². The van der Waals surface area contributed by atoms with Gasteiger partial charge in [0.25, 0.3) is 5.91 Å². The molecule has 0 N–H and O–H groups in total. The highest BCUT2D eigenvalue weighted by Gasteiger charge is 2.28. The van der Waals surface area contributed by atoms with Crippen LogP contribution in [-0.2, 0) is 13.0 Å². The summed E-state index contributed by atoms with van der Waals surface area (Å²) < 4.78 is 18.7. The molecule has 0 radical (unpaired) electrons. The highest BCUT2D eigenvalue weighted by atomic mass is 19.1. The van der Waals surface area contributed by atoms with Crippen LogP contribution in [0.15, 0.2) is 53.1 Å². The Labute approximate surface area is 157 Å². The SMILES string of the molecule is CC(C)c1ccc(C(=O)N2CCc3noc(-c4ccc(F)cc4)c3C2)cc1. The predicted molar refractivity (Wildman–Crippen MR) is 101 cm³/mol. The molecular weight excluding hydrogens is 343 g/mol. The van der Waals surface area contributed by atoms with Crippen molar-refractivity contribution in [3.8, 4) is 11.3 Å². The van der Waals surface area contributed by atoms with Crippen molar-refractivity contribution in [2.24, 2.45) is 0 Å². The lowest BCUT2D eigenvalue weighted by atomic mass is 9.99. The fraction of sp³-hybridized carbons (Fsp3) is 0.273. The average molecular weight is 364 g/mol. The van der Waals surface area contributed by atoms with E-state index in [1.165, 1.54) is 17.7 Å². The summed E-state index contributed by atoms with van der Waals surface area (Å²) in [4.78, 5) is 14.7. The number of fused-ring (bicyclic) bond motifs is 1. The molecule has 138 valence electrons.